The predicted molar refractivity (Wildman–Crippen MR) is 107 cm³/mol. The molecular formula is C22H26N2O3. The quantitative estimate of drug-likeness (QED) is 0.811. The molecule has 1 N–H and O–H groups in total. The second kappa shape index (κ2) is 8.82. The van der Waals surface area contributed by atoms with E-state index in [-0.39, 0.29) is 24.2 Å². The van der Waals surface area contributed by atoms with E-state index in [0.29, 0.717) is 19.8 Å². The number of ether oxygens (including phenoxy) is 1. The molecule has 142 valence electrons. The summed E-state index contributed by atoms with van der Waals surface area (Å²) in [4.78, 5) is 26.9. The molecule has 0 aliphatic carbocycles. The van der Waals surface area contributed by atoms with Crippen LogP contribution in [-0.2, 0) is 27.4 Å². The third-order valence-electron chi connectivity index (χ3n) is 4.89. The molecule has 1 atom stereocenters. The van der Waals surface area contributed by atoms with Gasteiger partial charge in [-0.3, -0.25) is 9.59 Å². The molecule has 2 amide bonds. The van der Waals surface area contributed by atoms with Crippen LogP contribution in [0.5, 0.6) is 0 Å². The van der Waals surface area contributed by atoms with Crippen LogP contribution in [0.3, 0.4) is 0 Å². The van der Waals surface area contributed by atoms with Gasteiger partial charge in [-0.15, -0.1) is 0 Å². The van der Waals surface area contributed by atoms with E-state index in [4.69, 9.17) is 4.74 Å². The van der Waals surface area contributed by atoms with Crippen LogP contribution in [0.15, 0.2) is 48.5 Å². The number of rotatable bonds is 7. The van der Waals surface area contributed by atoms with Gasteiger partial charge in [0, 0.05) is 36.5 Å². The molecule has 0 aromatic heterocycles. The van der Waals surface area contributed by atoms with Crippen molar-refractivity contribution in [2.45, 2.75) is 33.3 Å². The lowest BCUT2D eigenvalue weighted by Gasteiger charge is -2.17. The first-order chi connectivity index (χ1) is 13.1. The first kappa shape index (κ1) is 19.1. The Bertz CT molecular complexity index is 801. The van der Waals surface area contributed by atoms with Crippen LogP contribution in [0.25, 0.3) is 0 Å². The van der Waals surface area contributed by atoms with Crippen molar-refractivity contribution in [1.82, 2.24) is 0 Å². The van der Waals surface area contributed by atoms with Crippen molar-refractivity contribution in [2.75, 3.05) is 23.4 Å². The van der Waals surface area contributed by atoms with E-state index in [1.807, 2.05) is 55.5 Å². The molecule has 1 unspecified atom stereocenters. The zero-order valence-corrected chi connectivity index (χ0v) is 15.9. The molecule has 2 aromatic rings. The Labute approximate surface area is 160 Å². The molecule has 5 heteroatoms. The van der Waals surface area contributed by atoms with Gasteiger partial charge in [0.25, 0.3) is 0 Å². The number of carbonyl (C=O) groups is 2. The van der Waals surface area contributed by atoms with Crippen molar-refractivity contribution in [3.63, 3.8) is 0 Å². The van der Waals surface area contributed by atoms with E-state index in [9.17, 15) is 9.59 Å². The fourth-order valence-electron chi connectivity index (χ4n) is 3.26. The summed E-state index contributed by atoms with van der Waals surface area (Å²) < 4.78 is 5.46. The van der Waals surface area contributed by atoms with Crippen LogP contribution in [0.4, 0.5) is 11.4 Å². The maximum absolute atomic E-state index is 12.7. The molecule has 2 aromatic carbocycles. The van der Waals surface area contributed by atoms with Gasteiger partial charge in [-0.2, -0.15) is 0 Å². The number of aryl methyl sites for hydroxylation is 1. The average molecular weight is 366 g/mol. The van der Waals surface area contributed by atoms with E-state index in [1.54, 1.807) is 4.90 Å². The lowest BCUT2D eigenvalue weighted by atomic mass is 10.1. The Balaban J connectivity index is 1.67. The molecule has 0 saturated carbocycles. The molecule has 1 aliphatic heterocycles. The van der Waals surface area contributed by atoms with Crippen LogP contribution < -0.4 is 10.2 Å². The second-order valence-electron chi connectivity index (χ2n) is 6.71. The Morgan fingerprint density at radius 2 is 1.89 bits per heavy atom. The largest absolute Gasteiger partial charge is 0.377 e. The smallest absolute Gasteiger partial charge is 0.229 e. The molecule has 0 bridgehead atoms. The Hall–Kier alpha value is -2.66. The highest BCUT2D eigenvalue weighted by atomic mass is 16.5. The highest BCUT2D eigenvalue weighted by molar-refractivity contribution is 6.03. The molecule has 27 heavy (non-hydrogen) atoms. The third kappa shape index (κ3) is 4.55. The zero-order valence-electron chi connectivity index (χ0n) is 15.9. The van der Waals surface area contributed by atoms with Crippen molar-refractivity contribution in [1.29, 1.82) is 0 Å². The highest BCUT2D eigenvalue weighted by Crippen LogP contribution is 2.27. The van der Waals surface area contributed by atoms with E-state index in [0.717, 1.165) is 23.4 Å². The van der Waals surface area contributed by atoms with Crippen LogP contribution in [0.2, 0.25) is 0 Å². The number of hydrogen-bond acceptors (Lipinski definition) is 3. The zero-order chi connectivity index (χ0) is 19.2. The Morgan fingerprint density at radius 3 is 2.59 bits per heavy atom. The minimum atomic E-state index is -0.358. The summed E-state index contributed by atoms with van der Waals surface area (Å²) >= 11 is 0. The number of benzene rings is 2. The maximum atomic E-state index is 12.7. The topological polar surface area (TPSA) is 58.6 Å². The van der Waals surface area contributed by atoms with Crippen LogP contribution in [0.1, 0.15) is 31.4 Å². The van der Waals surface area contributed by atoms with Gasteiger partial charge in [0.15, 0.2) is 0 Å². The predicted octanol–water partition coefficient (Wildman–Crippen LogP) is 3.78. The normalized spacial score (nSPS) is 16.6. The Morgan fingerprint density at radius 1 is 1.15 bits per heavy atom. The second-order valence-corrected chi connectivity index (χ2v) is 6.71. The standard InChI is InChI=1S/C22H26N2O3/c1-3-16-9-11-19(12-10-16)24-14-18(13-21(24)25)22(26)23-20-8-6-5-7-17(20)15-27-4-2/h5-12,18H,3-4,13-15H2,1-2H3,(H,23,26). The summed E-state index contributed by atoms with van der Waals surface area (Å²) in [6.07, 6.45) is 1.19. The minimum Gasteiger partial charge on any atom is -0.377 e. The molecule has 1 aliphatic rings. The van der Waals surface area contributed by atoms with Gasteiger partial charge in [-0.25, -0.2) is 0 Å². The number of hydrogen-bond donors (Lipinski definition) is 1. The summed E-state index contributed by atoms with van der Waals surface area (Å²) in [6, 6.07) is 15.6. The van der Waals surface area contributed by atoms with Crippen LogP contribution >= 0.6 is 0 Å². The number of nitrogens with one attached hydrogen (secondary N) is 1. The lowest BCUT2D eigenvalue weighted by Crippen LogP contribution is -2.28. The number of carbonyl (C=O) groups excluding carboxylic acids is 2. The average Bonchev–Trinajstić information content (AvgIpc) is 3.09. The molecule has 0 radical (unpaired) electrons. The minimum absolute atomic E-state index is 0.0120. The number of para-hydroxylation sites is 1. The number of anilines is 2. The monoisotopic (exact) mass is 366 g/mol. The summed E-state index contributed by atoms with van der Waals surface area (Å²) in [5, 5.41) is 2.97. The molecule has 3 rings (SSSR count). The molecule has 5 nitrogen and oxygen atoms in total. The van der Waals surface area contributed by atoms with Gasteiger partial charge < -0.3 is 15.0 Å². The van der Waals surface area contributed by atoms with Gasteiger partial charge in [0.1, 0.15) is 0 Å². The van der Waals surface area contributed by atoms with Gasteiger partial charge in [0.05, 0.1) is 12.5 Å². The number of nitrogens with zero attached hydrogens (tertiary/aromatic N) is 1. The van der Waals surface area contributed by atoms with E-state index >= 15 is 0 Å². The first-order valence-electron chi connectivity index (χ1n) is 9.48. The van der Waals surface area contributed by atoms with Crippen molar-refractivity contribution in [2.24, 2.45) is 5.92 Å². The summed E-state index contributed by atoms with van der Waals surface area (Å²) in [6.45, 7) is 5.51. The van der Waals surface area contributed by atoms with Gasteiger partial charge in [-0.05, 0) is 37.1 Å². The van der Waals surface area contributed by atoms with Crippen LogP contribution in [-0.4, -0.2) is 25.0 Å². The van der Waals surface area contributed by atoms with E-state index < -0.39 is 0 Å². The summed E-state index contributed by atoms with van der Waals surface area (Å²) in [5.74, 6) is -0.495. The van der Waals surface area contributed by atoms with Gasteiger partial charge in [0.2, 0.25) is 11.8 Å². The van der Waals surface area contributed by atoms with Crippen molar-refractivity contribution >= 4 is 23.2 Å². The Kier molecular flexibility index (Phi) is 6.24. The summed E-state index contributed by atoms with van der Waals surface area (Å²) in [5.41, 5.74) is 3.76. The summed E-state index contributed by atoms with van der Waals surface area (Å²) in [7, 11) is 0. The fourth-order valence-corrected chi connectivity index (χ4v) is 3.26. The van der Waals surface area contributed by atoms with Gasteiger partial charge in [-0.1, -0.05) is 37.3 Å². The first-order valence-corrected chi connectivity index (χ1v) is 9.48. The molecule has 1 heterocycles. The fraction of sp³-hybridized carbons (Fsp3) is 0.364. The molecule has 0 spiro atoms. The van der Waals surface area contributed by atoms with E-state index in [2.05, 4.69) is 12.2 Å². The van der Waals surface area contributed by atoms with E-state index in [1.165, 1.54) is 5.56 Å². The lowest BCUT2D eigenvalue weighted by molar-refractivity contribution is -0.122. The molecule has 1 fully saturated rings. The van der Waals surface area contributed by atoms with Crippen LogP contribution in [0, 0.1) is 5.92 Å². The number of amides is 2. The van der Waals surface area contributed by atoms with Gasteiger partial charge >= 0.3 is 0 Å². The third-order valence-corrected chi connectivity index (χ3v) is 4.89. The van der Waals surface area contributed by atoms with Crippen molar-refractivity contribution in [3.05, 3.63) is 59.7 Å². The SMILES string of the molecule is CCOCc1ccccc1NC(=O)C1CC(=O)N(c2ccc(CC)cc2)C1. The van der Waals surface area contributed by atoms with Crippen molar-refractivity contribution < 1.29 is 14.3 Å². The molecule has 1 saturated heterocycles. The molecular weight excluding hydrogens is 340 g/mol. The van der Waals surface area contributed by atoms with Crippen molar-refractivity contribution in [3.8, 4) is 0 Å². The maximum Gasteiger partial charge on any atom is 0.229 e. The highest BCUT2D eigenvalue weighted by Gasteiger charge is 2.35.